The Morgan fingerprint density at radius 1 is 1.31 bits per heavy atom. The van der Waals surface area contributed by atoms with Crippen LogP contribution in [0.25, 0.3) is 0 Å². The Bertz CT molecular complexity index is 112. The fourth-order valence-electron chi connectivity index (χ4n) is 1.34. The molecular formula is C11H25NO. The van der Waals surface area contributed by atoms with E-state index in [0.717, 1.165) is 13.2 Å². The van der Waals surface area contributed by atoms with E-state index in [1.165, 1.54) is 12.8 Å². The molecule has 0 aromatic rings. The van der Waals surface area contributed by atoms with Crippen molar-refractivity contribution in [1.82, 2.24) is 5.32 Å². The van der Waals surface area contributed by atoms with Crippen molar-refractivity contribution in [3.63, 3.8) is 0 Å². The van der Waals surface area contributed by atoms with Gasteiger partial charge in [-0.05, 0) is 24.8 Å². The van der Waals surface area contributed by atoms with Crippen molar-refractivity contribution in [2.75, 3.05) is 20.3 Å². The molecule has 0 aliphatic rings. The second-order valence-corrected chi connectivity index (χ2v) is 4.81. The van der Waals surface area contributed by atoms with Gasteiger partial charge in [-0.3, -0.25) is 0 Å². The number of ether oxygens (including phenoxy) is 1. The van der Waals surface area contributed by atoms with Crippen molar-refractivity contribution in [2.45, 2.75) is 46.6 Å². The van der Waals surface area contributed by atoms with Gasteiger partial charge in [0.15, 0.2) is 0 Å². The van der Waals surface area contributed by atoms with Crippen molar-refractivity contribution < 1.29 is 4.74 Å². The maximum Gasteiger partial charge on any atom is 0.0615 e. The van der Waals surface area contributed by atoms with Gasteiger partial charge in [-0.15, -0.1) is 0 Å². The van der Waals surface area contributed by atoms with Crippen molar-refractivity contribution >= 4 is 0 Å². The monoisotopic (exact) mass is 187 g/mol. The molecule has 13 heavy (non-hydrogen) atoms. The van der Waals surface area contributed by atoms with Crippen LogP contribution in [-0.4, -0.2) is 26.3 Å². The first-order chi connectivity index (χ1) is 5.99. The normalized spacial score (nSPS) is 14.5. The van der Waals surface area contributed by atoms with Crippen LogP contribution >= 0.6 is 0 Å². The molecule has 0 aliphatic heterocycles. The van der Waals surface area contributed by atoms with Crippen LogP contribution in [-0.2, 0) is 4.74 Å². The Morgan fingerprint density at radius 3 is 2.31 bits per heavy atom. The van der Waals surface area contributed by atoms with Crippen LogP contribution in [0.5, 0.6) is 0 Å². The van der Waals surface area contributed by atoms with Gasteiger partial charge in [-0.1, -0.05) is 27.7 Å². The molecule has 0 aromatic carbocycles. The number of nitrogens with one attached hydrogen (secondary N) is 1. The zero-order valence-corrected chi connectivity index (χ0v) is 9.81. The molecule has 1 atom stereocenters. The molecule has 1 unspecified atom stereocenters. The van der Waals surface area contributed by atoms with Crippen molar-refractivity contribution in [3.05, 3.63) is 0 Å². The first-order valence-electron chi connectivity index (χ1n) is 5.22. The molecule has 0 aromatic heterocycles. The van der Waals surface area contributed by atoms with E-state index in [9.17, 15) is 0 Å². The van der Waals surface area contributed by atoms with Gasteiger partial charge in [0.2, 0.25) is 0 Å². The van der Waals surface area contributed by atoms with E-state index in [1.54, 1.807) is 7.11 Å². The van der Waals surface area contributed by atoms with E-state index in [2.05, 4.69) is 33.0 Å². The van der Waals surface area contributed by atoms with Gasteiger partial charge in [-0.2, -0.15) is 0 Å². The first kappa shape index (κ1) is 12.9. The van der Waals surface area contributed by atoms with E-state index in [1.807, 2.05) is 0 Å². The molecule has 80 valence electrons. The SMILES string of the molecule is CCNC(CCC(C)(C)C)COC. The molecular weight excluding hydrogens is 162 g/mol. The van der Waals surface area contributed by atoms with E-state index in [4.69, 9.17) is 4.74 Å². The molecule has 0 saturated heterocycles. The molecule has 0 heterocycles. The molecule has 0 rings (SSSR count). The Kier molecular flexibility index (Phi) is 6.35. The highest BCUT2D eigenvalue weighted by atomic mass is 16.5. The summed E-state index contributed by atoms with van der Waals surface area (Å²) in [7, 11) is 1.77. The number of methoxy groups -OCH3 is 1. The minimum atomic E-state index is 0.432. The fourth-order valence-corrected chi connectivity index (χ4v) is 1.34. The second-order valence-electron chi connectivity index (χ2n) is 4.81. The van der Waals surface area contributed by atoms with E-state index >= 15 is 0 Å². The minimum absolute atomic E-state index is 0.432. The highest BCUT2D eigenvalue weighted by Crippen LogP contribution is 2.21. The molecule has 0 radical (unpaired) electrons. The maximum absolute atomic E-state index is 5.16. The molecule has 0 aliphatic carbocycles. The van der Waals surface area contributed by atoms with Gasteiger partial charge in [0.05, 0.1) is 6.61 Å². The van der Waals surface area contributed by atoms with E-state index < -0.39 is 0 Å². The van der Waals surface area contributed by atoms with Crippen molar-refractivity contribution in [2.24, 2.45) is 5.41 Å². The standard InChI is InChI=1S/C11H25NO/c1-6-12-10(9-13-5)7-8-11(2,3)4/h10,12H,6-9H2,1-5H3. The predicted octanol–water partition coefficient (Wildman–Crippen LogP) is 2.44. The third-order valence-electron chi connectivity index (χ3n) is 2.10. The molecule has 0 amide bonds. The quantitative estimate of drug-likeness (QED) is 0.689. The van der Waals surface area contributed by atoms with Crippen LogP contribution in [0.15, 0.2) is 0 Å². The Labute approximate surface area is 83.1 Å². The topological polar surface area (TPSA) is 21.3 Å². The highest BCUT2D eigenvalue weighted by Gasteiger charge is 2.14. The van der Waals surface area contributed by atoms with Crippen LogP contribution in [0.3, 0.4) is 0 Å². The first-order valence-corrected chi connectivity index (χ1v) is 5.22. The van der Waals surface area contributed by atoms with Gasteiger partial charge in [0, 0.05) is 13.2 Å². The van der Waals surface area contributed by atoms with Crippen LogP contribution < -0.4 is 5.32 Å². The Balaban J connectivity index is 3.68. The number of likely N-dealkylation sites (N-methyl/N-ethyl adjacent to an activating group) is 1. The number of hydrogen-bond acceptors (Lipinski definition) is 2. The maximum atomic E-state index is 5.16. The molecule has 0 fully saturated rings. The molecule has 0 spiro atoms. The van der Waals surface area contributed by atoms with Crippen LogP contribution in [0.4, 0.5) is 0 Å². The molecule has 0 bridgehead atoms. The molecule has 2 nitrogen and oxygen atoms in total. The average Bonchev–Trinajstić information content (AvgIpc) is 2.00. The zero-order valence-electron chi connectivity index (χ0n) is 9.81. The van der Waals surface area contributed by atoms with Crippen LogP contribution in [0, 0.1) is 5.41 Å². The average molecular weight is 187 g/mol. The van der Waals surface area contributed by atoms with Gasteiger partial charge >= 0.3 is 0 Å². The molecule has 0 saturated carbocycles. The van der Waals surface area contributed by atoms with Gasteiger partial charge in [-0.25, -0.2) is 0 Å². The summed E-state index contributed by atoms with van der Waals surface area (Å²) < 4.78 is 5.16. The summed E-state index contributed by atoms with van der Waals surface area (Å²) in [6.45, 7) is 10.8. The van der Waals surface area contributed by atoms with Crippen molar-refractivity contribution in [3.8, 4) is 0 Å². The van der Waals surface area contributed by atoms with Crippen LogP contribution in [0.1, 0.15) is 40.5 Å². The number of rotatable bonds is 6. The van der Waals surface area contributed by atoms with Crippen LogP contribution in [0.2, 0.25) is 0 Å². The summed E-state index contributed by atoms with van der Waals surface area (Å²) in [6.07, 6.45) is 2.44. The van der Waals surface area contributed by atoms with Crippen molar-refractivity contribution in [1.29, 1.82) is 0 Å². The largest absolute Gasteiger partial charge is 0.383 e. The zero-order chi connectivity index (χ0) is 10.3. The number of hydrogen-bond donors (Lipinski definition) is 1. The third kappa shape index (κ3) is 8.26. The van der Waals surface area contributed by atoms with E-state index in [-0.39, 0.29) is 0 Å². The summed E-state index contributed by atoms with van der Waals surface area (Å²) in [5.74, 6) is 0. The summed E-state index contributed by atoms with van der Waals surface area (Å²) in [5.41, 5.74) is 0.432. The molecule has 1 N–H and O–H groups in total. The third-order valence-corrected chi connectivity index (χ3v) is 2.10. The summed E-state index contributed by atoms with van der Waals surface area (Å²) >= 11 is 0. The smallest absolute Gasteiger partial charge is 0.0615 e. The lowest BCUT2D eigenvalue weighted by molar-refractivity contribution is 0.156. The minimum Gasteiger partial charge on any atom is -0.383 e. The summed E-state index contributed by atoms with van der Waals surface area (Å²) in [6, 6.07) is 0.522. The lowest BCUT2D eigenvalue weighted by atomic mass is 9.89. The lowest BCUT2D eigenvalue weighted by Crippen LogP contribution is -2.33. The van der Waals surface area contributed by atoms with Gasteiger partial charge in [0.25, 0.3) is 0 Å². The fraction of sp³-hybridized carbons (Fsp3) is 1.00. The summed E-state index contributed by atoms with van der Waals surface area (Å²) in [4.78, 5) is 0. The molecule has 2 heteroatoms. The summed E-state index contributed by atoms with van der Waals surface area (Å²) in [5, 5.41) is 3.43. The van der Waals surface area contributed by atoms with E-state index in [0.29, 0.717) is 11.5 Å². The van der Waals surface area contributed by atoms with Gasteiger partial charge in [0.1, 0.15) is 0 Å². The Morgan fingerprint density at radius 2 is 1.92 bits per heavy atom. The Hall–Kier alpha value is -0.0800. The van der Waals surface area contributed by atoms with Gasteiger partial charge < -0.3 is 10.1 Å². The second kappa shape index (κ2) is 6.39. The highest BCUT2D eigenvalue weighted by molar-refractivity contribution is 4.70. The predicted molar refractivity (Wildman–Crippen MR) is 58.0 cm³/mol. The lowest BCUT2D eigenvalue weighted by Gasteiger charge is -2.23.